The third-order valence-electron chi connectivity index (χ3n) is 3.83. The molecule has 6 nitrogen and oxygen atoms in total. The lowest BCUT2D eigenvalue weighted by Crippen LogP contribution is -2.39. The van der Waals surface area contributed by atoms with Gasteiger partial charge in [-0.25, -0.2) is 0 Å². The van der Waals surface area contributed by atoms with Crippen molar-refractivity contribution in [2.24, 2.45) is 0 Å². The Balaban J connectivity index is 2.12. The van der Waals surface area contributed by atoms with Crippen LogP contribution in [0.25, 0.3) is 0 Å². The van der Waals surface area contributed by atoms with Gasteiger partial charge in [-0.2, -0.15) is 5.26 Å². The highest BCUT2D eigenvalue weighted by Gasteiger charge is 2.27. The normalized spacial score (nSPS) is 18.7. The van der Waals surface area contributed by atoms with Gasteiger partial charge in [-0.3, -0.25) is 15.0 Å². The van der Waals surface area contributed by atoms with E-state index in [1.807, 2.05) is 6.07 Å². The molecular formula is C15H19N3O3. The minimum absolute atomic E-state index is 0.00315. The third-order valence-corrected chi connectivity index (χ3v) is 3.83. The number of rotatable bonds is 5. The van der Waals surface area contributed by atoms with E-state index in [2.05, 4.69) is 18.7 Å². The van der Waals surface area contributed by atoms with Gasteiger partial charge in [0.15, 0.2) is 5.56 Å². The summed E-state index contributed by atoms with van der Waals surface area (Å²) in [7, 11) is 0. The van der Waals surface area contributed by atoms with Crippen LogP contribution >= 0.6 is 0 Å². The van der Waals surface area contributed by atoms with Crippen molar-refractivity contribution < 1.29 is 9.66 Å². The Hall–Kier alpha value is -2.13. The van der Waals surface area contributed by atoms with Gasteiger partial charge in [-0.15, -0.1) is 0 Å². The lowest BCUT2D eigenvalue weighted by atomic mass is 10.1. The molecule has 112 valence electrons. The molecule has 0 amide bonds. The van der Waals surface area contributed by atoms with Crippen LogP contribution in [0.15, 0.2) is 18.2 Å². The predicted molar refractivity (Wildman–Crippen MR) is 78.2 cm³/mol. The number of nitro benzene ring substituents is 1. The first-order valence-corrected chi connectivity index (χ1v) is 7.10. The molecule has 0 aliphatic carbocycles. The average molecular weight is 289 g/mol. The molecule has 1 aliphatic heterocycles. The molecule has 1 atom stereocenters. The molecule has 1 fully saturated rings. The predicted octanol–water partition coefficient (Wildman–Crippen LogP) is 2.72. The topological polar surface area (TPSA) is 79.4 Å². The molecule has 2 rings (SSSR count). The van der Waals surface area contributed by atoms with Gasteiger partial charge < -0.3 is 4.74 Å². The van der Waals surface area contributed by atoms with Crippen molar-refractivity contribution in [3.05, 3.63) is 33.9 Å². The Morgan fingerprint density at radius 1 is 1.57 bits per heavy atom. The lowest BCUT2D eigenvalue weighted by Gasteiger charge is -2.28. The molecule has 1 aromatic carbocycles. The highest BCUT2D eigenvalue weighted by molar-refractivity contribution is 5.56. The van der Waals surface area contributed by atoms with Crippen LogP contribution in [0.3, 0.4) is 0 Å². The second-order valence-electron chi connectivity index (χ2n) is 5.46. The Morgan fingerprint density at radius 2 is 2.33 bits per heavy atom. The Labute approximate surface area is 124 Å². The van der Waals surface area contributed by atoms with Crippen molar-refractivity contribution in [3.63, 3.8) is 0 Å². The largest absolute Gasteiger partial charge is 0.490 e. The second-order valence-corrected chi connectivity index (χ2v) is 5.46. The van der Waals surface area contributed by atoms with Crippen LogP contribution in [0.4, 0.5) is 5.69 Å². The molecule has 0 radical (unpaired) electrons. The second kappa shape index (κ2) is 6.55. The minimum Gasteiger partial charge on any atom is -0.490 e. The number of likely N-dealkylation sites (tertiary alicyclic amines) is 1. The van der Waals surface area contributed by atoms with E-state index in [-0.39, 0.29) is 11.3 Å². The highest BCUT2D eigenvalue weighted by Crippen LogP contribution is 2.28. The van der Waals surface area contributed by atoms with Crippen molar-refractivity contribution in [2.75, 3.05) is 13.2 Å². The number of ether oxygens (including phenoxy) is 1. The van der Waals surface area contributed by atoms with Crippen LogP contribution in [0.5, 0.6) is 5.75 Å². The molecule has 1 aromatic rings. The molecule has 6 heteroatoms. The first kappa shape index (κ1) is 15.3. The maximum atomic E-state index is 10.9. The summed E-state index contributed by atoms with van der Waals surface area (Å²) in [6.45, 7) is 5.79. The zero-order chi connectivity index (χ0) is 15.4. The van der Waals surface area contributed by atoms with Crippen molar-refractivity contribution in [1.29, 1.82) is 5.26 Å². The Morgan fingerprint density at radius 3 is 2.95 bits per heavy atom. The molecule has 0 saturated carbocycles. The summed E-state index contributed by atoms with van der Waals surface area (Å²) >= 11 is 0. The van der Waals surface area contributed by atoms with Gasteiger partial charge in [0, 0.05) is 18.2 Å². The maximum Gasteiger partial charge on any atom is 0.290 e. The maximum absolute atomic E-state index is 10.9. The van der Waals surface area contributed by atoms with Crippen LogP contribution in [0, 0.1) is 21.4 Å². The summed E-state index contributed by atoms with van der Waals surface area (Å²) in [5, 5.41) is 20.1. The van der Waals surface area contributed by atoms with Crippen molar-refractivity contribution in [1.82, 2.24) is 4.90 Å². The minimum atomic E-state index is -0.554. The number of hydrogen-bond donors (Lipinski definition) is 0. The van der Waals surface area contributed by atoms with Crippen molar-refractivity contribution >= 4 is 5.69 Å². The Bertz CT molecular complexity index is 566. The van der Waals surface area contributed by atoms with Crippen LogP contribution in [0.1, 0.15) is 32.3 Å². The van der Waals surface area contributed by atoms with Gasteiger partial charge in [0.1, 0.15) is 18.4 Å². The van der Waals surface area contributed by atoms with Gasteiger partial charge in [0.2, 0.25) is 0 Å². The molecular weight excluding hydrogens is 270 g/mol. The van der Waals surface area contributed by atoms with E-state index in [1.165, 1.54) is 6.07 Å². The number of nitro groups is 1. The fraction of sp³-hybridized carbons (Fsp3) is 0.533. The van der Waals surface area contributed by atoms with Gasteiger partial charge >= 0.3 is 0 Å². The number of nitriles is 1. The standard InChI is InChI=1S/C15H19N3O3/c1-11(2)17-8-4-5-12(17)10-21-15-7-3-6-14(18(19)20)13(15)9-16/h3,6-7,11-12H,4-5,8,10H2,1-2H3/t12-/m1/s1. The molecule has 1 aliphatic rings. The van der Waals surface area contributed by atoms with Crippen LogP contribution in [-0.4, -0.2) is 35.1 Å². The van der Waals surface area contributed by atoms with Crippen molar-refractivity contribution in [2.45, 2.75) is 38.8 Å². The summed E-state index contributed by atoms with van der Waals surface area (Å²) in [4.78, 5) is 12.7. The summed E-state index contributed by atoms with van der Waals surface area (Å²) in [5.41, 5.74) is -0.210. The highest BCUT2D eigenvalue weighted by atomic mass is 16.6. The van der Waals surface area contributed by atoms with Gasteiger partial charge in [0.25, 0.3) is 5.69 Å². The van der Waals surface area contributed by atoms with Crippen molar-refractivity contribution in [3.8, 4) is 11.8 Å². The molecule has 21 heavy (non-hydrogen) atoms. The van der Waals surface area contributed by atoms with Gasteiger partial charge in [0.05, 0.1) is 4.92 Å². The number of nitrogens with zero attached hydrogens (tertiary/aromatic N) is 3. The molecule has 0 unspecified atom stereocenters. The van der Waals surface area contributed by atoms with Crippen LogP contribution in [0.2, 0.25) is 0 Å². The smallest absolute Gasteiger partial charge is 0.290 e. The first-order valence-electron chi connectivity index (χ1n) is 7.10. The quantitative estimate of drug-likeness (QED) is 0.615. The van der Waals surface area contributed by atoms with E-state index >= 15 is 0 Å². The van der Waals surface area contributed by atoms with E-state index in [0.717, 1.165) is 19.4 Å². The molecule has 1 saturated heterocycles. The zero-order valence-corrected chi connectivity index (χ0v) is 12.3. The summed E-state index contributed by atoms with van der Waals surface area (Å²) in [6.07, 6.45) is 2.18. The molecule has 0 spiro atoms. The van der Waals surface area contributed by atoms with Gasteiger partial charge in [-0.1, -0.05) is 6.07 Å². The monoisotopic (exact) mass is 289 g/mol. The summed E-state index contributed by atoms with van der Waals surface area (Å²) in [6, 6.07) is 7.10. The Kier molecular flexibility index (Phi) is 4.76. The van der Waals surface area contributed by atoms with E-state index < -0.39 is 4.92 Å². The molecule has 1 heterocycles. The summed E-state index contributed by atoms with van der Waals surface area (Å²) < 4.78 is 5.71. The first-order chi connectivity index (χ1) is 10.0. The summed E-state index contributed by atoms with van der Waals surface area (Å²) in [5.74, 6) is 0.294. The van der Waals surface area contributed by atoms with E-state index in [0.29, 0.717) is 24.4 Å². The SMILES string of the molecule is CC(C)N1CCC[C@@H]1COc1cccc([N+](=O)[O-])c1C#N. The fourth-order valence-electron chi connectivity index (χ4n) is 2.81. The van der Waals surface area contributed by atoms with E-state index in [4.69, 9.17) is 10.00 Å². The molecule has 0 N–H and O–H groups in total. The third kappa shape index (κ3) is 3.31. The number of benzene rings is 1. The average Bonchev–Trinajstić information content (AvgIpc) is 2.93. The van der Waals surface area contributed by atoms with E-state index in [9.17, 15) is 10.1 Å². The number of hydrogen-bond acceptors (Lipinski definition) is 5. The zero-order valence-electron chi connectivity index (χ0n) is 12.3. The van der Waals surface area contributed by atoms with Crippen LogP contribution in [-0.2, 0) is 0 Å². The van der Waals surface area contributed by atoms with Crippen LogP contribution < -0.4 is 4.74 Å². The lowest BCUT2D eigenvalue weighted by molar-refractivity contribution is -0.385. The molecule has 0 aromatic heterocycles. The van der Waals surface area contributed by atoms with Gasteiger partial charge in [-0.05, 0) is 39.3 Å². The van der Waals surface area contributed by atoms with E-state index in [1.54, 1.807) is 12.1 Å². The molecule has 0 bridgehead atoms. The fourth-order valence-corrected chi connectivity index (χ4v) is 2.81.